The lowest BCUT2D eigenvalue weighted by molar-refractivity contribution is 0.262. The summed E-state index contributed by atoms with van der Waals surface area (Å²) in [6.45, 7) is 2.22. The van der Waals surface area contributed by atoms with Crippen LogP contribution in [0.4, 0.5) is 21.9 Å². The molecular weight excluding hydrogens is 380 g/mol. The Morgan fingerprint density at radius 1 is 1.07 bits per heavy atom. The van der Waals surface area contributed by atoms with E-state index in [0.717, 1.165) is 47.0 Å². The maximum Gasteiger partial charge on any atom is 0.323 e. The summed E-state index contributed by atoms with van der Waals surface area (Å²) < 4.78 is 0. The van der Waals surface area contributed by atoms with E-state index >= 15 is 0 Å². The molecule has 2 aromatic carbocycles. The molecule has 0 spiro atoms. The first-order valence-corrected chi connectivity index (χ1v) is 11.4. The van der Waals surface area contributed by atoms with Crippen LogP contribution in [0.1, 0.15) is 25.7 Å². The highest BCUT2D eigenvalue weighted by Gasteiger charge is 2.23. The van der Waals surface area contributed by atoms with Crippen LogP contribution in [-0.4, -0.2) is 29.9 Å². The van der Waals surface area contributed by atoms with Crippen LogP contribution in [0.15, 0.2) is 53.6 Å². The number of carbonyl (C=O) groups excluding carboxylic acids is 1. The van der Waals surface area contributed by atoms with Crippen molar-refractivity contribution in [2.45, 2.75) is 30.6 Å². The monoisotopic (exact) mass is 406 g/mol. The highest BCUT2D eigenvalue weighted by Crippen LogP contribution is 2.38. The van der Waals surface area contributed by atoms with Gasteiger partial charge in [-0.05, 0) is 60.5 Å². The van der Waals surface area contributed by atoms with Gasteiger partial charge in [-0.1, -0.05) is 18.9 Å². The number of rotatable bonds is 4. The molecule has 3 N–H and O–H groups in total. The topological polar surface area (TPSA) is 60.2 Å². The SMILES string of the molecule is O=C(Nc1ccc2c(c1)N(CC1CCCC1)CCS2)Nc1ccc2cc[nH]c2c1. The minimum atomic E-state index is -0.221. The van der Waals surface area contributed by atoms with Gasteiger partial charge in [0.15, 0.2) is 0 Å². The lowest BCUT2D eigenvalue weighted by Gasteiger charge is -2.33. The molecule has 150 valence electrons. The first-order valence-electron chi connectivity index (χ1n) is 10.4. The molecule has 2 amide bonds. The zero-order chi connectivity index (χ0) is 19.6. The summed E-state index contributed by atoms with van der Waals surface area (Å²) in [4.78, 5) is 19.5. The van der Waals surface area contributed by atoms with Gasteiger partial charge in [0, 0.05) is 46.8 Å². The average Bonchev–Trinajstić information content (AvgIpc) is 3.40. The summed E-state index contributed by atoms with van der Waals surface area (Å²) in [7, 11) is 0. The van der Waals surface area contributed by atoms with Crippen LogP contribution in [-0.2, 0) is 0 Å². The molecule has 3 aromatic rings. The van der Waals surface area contributed by atoms with Crippen LogP contribution >= 0.6 is 11.8 Å². The number of aromatic amines is 1. The van der Waals surface area contributed by atoms with E-state index in [1.165, 1.54) is 36.3 Å². The van der Waals surface area contributed by atoms with Gasteiger partial charge in [0.05, 0.1) is 5.69 Å². The Morgan fingerprint density at radius 2 is 1.86 bits per heavy atom. The summed E-state index contributed by atoms with van der Waals surface area (Å²) >= 11 is 1.91. The van der Waals surface area contributed by atoms with Crippen molar-refractivity contribution in [3.8, 4) is 0 Å². The van der Waals surface area contributed by atoms with E-state index in [2.05, 4.69) is 32.7 Å². The minimum absolute atomic E-state index is 0.221. The standard InChI is InChI=1S/C23H26N4OS/c28-23(25-18-6-5-17-9-10-24-20(17)13-18)26-19-7-8-22-21(14-19)27(11-12-29-22)15-16-3-1-2-4-16/h5-10,13-14,16,24H,1-4,11-12,15H2,(H2,25,26,28). The number of nitrogens with zero attached hydrogens (tertiary/aromatic N) is 1. The van der Waals surface area contributed by atoms with Gasteiger partial charge in [0.1, 0.15) is 0 Å². The first kappa shape index (κ1) is 18.4. The average molecular weight is 407 g/mol. The van der Waals surface area contributed by atoms with E-state index < -0.39 is 0 Å². The zero-order valence-corrected chi connectivity index (χ0v) is 17.2. The number of anilines is 3. The molecule has 1 saturated carbocycles. The van der Waals surface area contributed by atoms with Crippen molar-refractivity contribution in [3.05, 3.63) is 48.7 Å². The Kier molecular flexibility index (Phi) is 5.10. The van der Waals surface area contributed by atoms with Gasteiger partial charge in [-0.2, -0.15) is 0 Å². The first-order chi connectivity index (χ1) is 14.2. The molecule has 6 heteroatoms. The third-order valence-corrected chi connectivity index (χ3v) is 6.99. The van der Waals surface area contributed by atoms with Crippen LogP contribution in [0, 0.1) is 5.92 Å². The number of carbonyl (C=O) groups is 1. The summed E-state index contributed by atoms with van der Waals surface area (Å²) in [5, 5.41) is 7.06. The third kappa shape index (κ3) is 4.08. The Balaban J connectivity index is 1.28. The second-order valence-electron chi connectivity index (χ2n) is 7.99. The van der Waals surface area contributed by atoms with Gasteiger partial charge in [-0.3, -0.25) is 0 Å². The maximum absolute atomic E-state index is 12.5. The van der Waals surface area contributed by atoms with E-state index in [0.29, 0.717) is 0 Å². The second kappa shape index (κ2) is 8.03. The van der Waals surface area contributed by atoms with E-state index in [4.69, 9.17) is 0 Å². The van der Waals surface area contributed by atoms with Crippen molar-refractivity contribution in [3.63, 3.8) is 0 Å². The van der Waals surface area contributed by atoms with Crippen molar-refractivity contribution >= 4 is 45.8 Å². The second-order valence-corrected chi connectivity index (χ2v) is 9.12. The smallest absolute Gasteiger partial charge is 0.323 e. The highest BCUT2D eigenvalue weighted by molar-refractivity contribution is 7.99. The van der Waals surface area contributed by atoms with Crippen molar-refractivity contribution in [1.29, 1.82) is 0 Å². The Bertz CT molecular complexity index is 1020. The Hall–Kier alpha value is -2.60. The number of amides is 2. The summed E-state index contributed by atoms with van der Waals surface area (Å²) in [6, 6.07) is 13.9. The number of fused-ring (bicyclic) bond motifs is 2. The van der Waals surface area contributed by atoms with E-state index in [-0.39, 0.29) is 6.03 Å². The van der Waals surface area contributed by atoms with Crippen LogP contribution in [0.25, 0.3) is 10.9 Å². The Labute approximate surface area is 175 Å². The molecule has 0 radical (unpaired) electrons. The summed E-state index contributed by atoms with van der Waals surface area (Å²) in [6.07, 6.45) is 7.35. The molecule has 5 nitrogen and oxygen atoms in total. The number of hydrogen-bond donors (Lipinski definition) is 3. The molecule has 0 bridgehead atoms. The molecule has 1 aliphatic heterocycles. The van der Waals surface area contributed by atoms with Gasteiger partial charge in [0.2, 0.25) is 0 Å². The number of nitrogens with one attached hydrogen (secondary N) is 3. The van der Waals surface area contributed by atoms with Crippen LogP contribution < -0.4 is 15.5 Å². The normalized spacial score (nSPS) is 16.8. The molecule has 29 heavy (non-hydrogen) atoms. The molecule has 1 fully saturated rings. The molecule has 1 aliphatic carbocycles. The van der Waals surface area contributed by atoms with E-state index in [1.807, 2.05) is 48.3 Å². The third-order valence-electron chi connectivity index (χ3n) is 5.94. The number of H-pyrrole nitrogens is 1. The molecule has 1 aromatic heterocycles. The van der Waals surface area contributed by atoms with Crippen molar-refractivity contribution in [2.75, 3.05) is 34.4 Å². The quantitative estimate of drug-likeness (QED) is 0.504. The van der Waals surface area contributed by atoms with Gasteiger partial charge in [0.25, 0.3) is 0 Å². The predicted octanol–water partition coefficient (Wildman–Crippen LogP) is 5.91. The molecule has 2 heterocycles. The van der Waals surface area contributed by atoms with Crippen molar-refractivity contribution < 1.29 is 4.79 Å². The molecule has 2 aliphatic rings. The zero-order valence-electron chi connectivity index (χ0n) is 16.4. The lowest BCUT2D eigenvalue weighted by atomic mass is 10.1. The summed E-state index contributed by atoms with van der Waals surface area (Å²) in [5.74, 6) is 1.95. The minimum Gasteiger partial charge on any atom is -0.369 e. The molecule has 0 saturated heterocycles. The van der Waals surface area contributed by atoms with E-state index in [1.54, 1.807) is 0 Å². The van der Waals surface area contributed by atoms with E-state index in [9.17, 15) is 4.79 Å². The molecule has 0 atom stereocenters. The fourth-order valence-electron chi connectivity index (χ4n) is 4.46. The molecule has 0 unspecified atom stereocenters. The fraction of sp³-hybridized carbons (Fsp3) is 0.348. The lowest BCUT2D eigenvalue weighted by Crippen LogP contribution is -2.33. The van der Waals surface area contributed by atoms with Gasteiger partial charge in [-0.25, -0.2) is 4.79 Å². The van der Waals surface area contributed by atoms with Crippen LogP contribution in [0.2, 0.25) is 0 Å². The highest BCUT2D eigenvalue weighted by atomic mass is 32.2. The Morgan fingerprint density at radius 3 is 2.72 bits per heavy atom. The number of benzene rings is 2. The van der Waals surface area contributed by atoms with Crippen molar-refractivity contribution in [1.82, 2.24) is 4.98 Å². The van der Waals surface area contributed by atoms with Gasteiger partial charge >= 0.3 is 6.03 Å². The summed E-state index contributed by atoms with van der Waals surface area (Å²) in [5.41, 5.74) is 3.88. The fourth-order valence-corrected chi connectivity index (χ4v) is 5.50. The number of hydrogen-bond acceptors (Lipinski definition) is 3. The largest absolute Gasteiger partial charge is 0.369 e. The number of aromatic nitrogens is 1. The van der Waals surface area contributed by atoms with Crippen molar-refractivity contribution in [2.24, 2.45) is 5.92 Å². The number of thioether (sulfide) groups is 1. The van der Waals surface area contributed by atoms with Gasteiger partial charge < -0.3 is 20.5 Å². The maximum atomic E-state index is 12.5. The number of urea groups is 1. The van der Waals surface area contributed by atoms with Crippen LogP contribution in [0.5, 0.6) is 0 Å². The predicted molar refractivity (Wildman–Crippen MR) is 122 cm³/mol. The van der Waals surface area contributed by atoms with Gasteiger partial charge in [-0.15, -0.1) is 11.8 Å². The molecular formula is C23H26N4OS. The van der Waals surface area contributed by atoms with Crippen LogP contribution in [0.3, 0.4) is 0 Å². The molecule has 5 rings (SSSR count).